The highest BCUT2D eigenvalue weighted by molar-refractivity contribution is 9.10. The molecule has 0 amide bonds. The van der Waals surface area contributed by atoms with Gasteiger partial charge in [-0.15, -0.1) is 0 Å². The summed E-state index contributed by atoms with van der Waals surface area (Å²) in [6.45, 7) is 4.74. The van der Waals surface area contributed by atoms with Crippen molar-refractivity contribution in [2.24, 2.45) is 0 Å². The molecule has 0 unspecified atom stereocenters. The lowest BCUT2D eigenvalue weighted by Gasteiger charge is -2.12. The fourth-order valence-corrected chi connectivity index (χ4v) is 1.96. The molecule has 1 heterocycles. The van der Waals surface area contributed by atoms with Gasteiger partial charge in [0.25, 0.3) is 0 Å². The molecule has 0 bridgehead atoms. The van der Waals surface area contributed by atoms with Crippen LogP contribution in [0.25, 0.3) is 0 Å². The minimum absolute atomic E-state index is 0.156. The van der Waals surface area contributed by atoms with E-state index in [-0.39, 0.29) is 5.75 Å². The molecule has 0 atom stereocenters. The molecule has 0 saturated carbocycles. The molecule has 0 spiro atoms. The Balaban J connectivity index is 2.22. The van der Waals surface area contributed by atoms with E-state index in [1.54, 1.807) is 18.3 Å². The van der Waals surface area contributed by atoms with Gasteiger partial charge < -0.3 is 10.1 Å². The predicted molar refractivity (Wildman–Crippen MR) is 80.4 cm³/mol. The summed E-state index contributed by atoms with van der Waals surface area (Å²) in [4.78, 5) is 4.18. The number of ether oxygens (including phenoxy) is 1. The summed E-state index contributed by atoms with van der Waals surface area (Å²) in [7, 11) is 0. The minimum atomic E-state index is -0.415. The fourth-order valence-electron chi connectivity index (χ4n) is 1.62. The molecular weight excluding hydrogens is 323 g/mol. The van der Waals surface area contributed by atoms with Crippen molar-refractivity contribution in [1.82, 2.24) is 10.3 Å². The van der Waals surface area contributed by atoms with Crippen LogP contribution in [-0.4, -0.2) is 11.0 Å². The maximum Gasteiger partial charge on any atom is 0.223 e. The number of pyridine rings is 1. The minimum Gasteiger partial charge on any atom is -0.436 e. The Morgan fingerprint density at radius 3 is 2.90 bits per heavy atom. The van der Waals surface area contributed by atoms with Crippen LogP contribution in [0.4, 0.5) is 4.39 Å². The van der Waals surface area contributed by atoms with E-state index in [0.717, 1.165) is 10.0 Å². The third kappa shape index (κ3) is 4.02. The lowest BCUT2D eigenvalue weighted by Crippen LogP contribution is -2.22. The summed E-state index contributed by atoms with van der Waals surface area (Å²) in [5, 5.41) is 3.29. The first kappa shape index (κ1) is 14.9. The first-order valence-corrected chi connectivity index (χ1v) is 7.15. The third-order valence-corrected chi connectivity index (χ3v) is 3.14. The first-order chi connectivity index (χ1) is 9.56. The zero-order valence-corrected chi connectivity index (χ0v) is 12.9. The molecule has 0 saturated heterocycles. The fraction of sp³-hybridized carbons (Fsp3) is 0.267. The van der Waals surface area contributed by atoms with Gasteiger partial charge in [-0.3, -0.25) is 0 Å². The Hall–Kier alpha value is -1.46. The number of nitrogens with zero attached hydrogens (tertiary/aromatic N) is 1. The Kier molecular flexibility index (Phi) is 5.09. The summed E-state index contributed by atoms with van der Waals surface area (Å²) < 4.78 is 20.1. The average molecular weight is 339 g/mol. The van der Waals surface area contributed by atoms with E-state index < -0.39 is 5.82 Å². The van der Waals surface area contributed by atoms with E-state index in [9.17, 15) is 4.39 Å². The molecule has 2 aromatic rings. The molecule has 0 radical (unpaired) electrons. The Morgan fingerprint density at radius 2 is 2.15 bits per heavy atom. The molecule has 0 aliphatic carbocycles. The summed E-state index contributed by atoms with van der Waals surface area (Å²) in [6.07, 6.45) is 1.63. The largest absolute Gasteiger partial charge is 0.436 e. The summed E-state index contributed by atoms with van der Waals surface area (Å²) in [6, 6.07) is 8.67. The average Bonchev–Trinajstić information content (AvgIpc) is 2.42. The lowest BCUT2D eigenvalue weighted by molar-refractivity contribution is 0.418. The molecule has 20 heavy (non-hydrogen) atoms. The number of benzene rings is 1. The SMILES string of the molecule is CC(C)NCc1cccnc1Oc1cc(Br)ccc1F. The van der Waals surface area contributed by atoms with Crippen molar-refractivity contribution in [3.8, 4) is 11.6 Å². The van der Waals surface area contributed by atoms with Crippen molar-refractivity contribution < 1.29 is 9.13 Å². The molecule has 1 aromatic heterocycles. The molecule has 0 aliphatic rings. The standard InChI is InChI=1S/C15H16BrFN2O/c1-10(2)19-9-11-4-3-7-18-15(11)20-14-8-12(16)5-6-13(14)17/h3-8,10,19H,9H2,1-2H3. The van der Waals surface area contributed by atoms with E-state index in [4.69, 9.17) is 4.74 Å². The molecule has 0 aliphatic heterocycles. The zero-order valence-electron chi connectivity index (χ0n) is 11.4. The number of halogens is 2. The highest BCUT2D eigenvalue weighted by atomic mass is 79.9. The maximum atomic E-state index is 13.7. The van der Waals surface area contributed by atoms with Gasteiger partial charge in [-0.05, 0) is 24.3 Å². The smallest absolute Gasteiger partial charge is 0.223 e. The second-order valence-electron chi connectivity index (χ2n) is 4.68. The summed E-state index contributed by atoms with van der Waals surface area (Å²) in [5.74, 6) is 0.156. The van der Waals surface area contributed by atoms with Gasteiger partial charge >= 0.3 is 0 Å². The van der Waals surface area contributed by atoms with E-state index >= 15 is 0 Å². The van der Waals surface area contributed by atoms with Crippen LogP contribution in [-0.2, 0) is 6.54 Å². The van der Waals surface area contributed by atoms with Crippen LogP contribution in [0, 0.1) is 5.82 Å². The van der Waals surface area contributed by atoms with Crippen molar-refractivity contribution >= 4 is 15.9 Å². The van der Waals surface area contributed by atoms with Gasteiger partial charge in [-0.2, -0.15) is 0 Å². The highest BCUT2D eigenvalue weighted by Crippen LogP contribution is 2.28. The van der Waals surface area contributed by atoms with Gasteiger partial charge in [0, 0.05) is 28.8 Å². The highest BCUT2D eigenvalue weighted by Gasteiger charge is 2.10. The van der Waals surface area contributed by atoms with E-state index in [1.165, 1.54) is 6.07 Å². The van der Waals surface area contributed by atoms with Gasteiger partial charge in [0.2, 0.25) is 5.88 Å². The van der Waals surface area contributed by atoms with Gasteiger partial charge in [0.05, 0.1) is 0 Å². The van der Waals surface area contributed by atoms with E-state index in [2.05, 4.69) is 40.1 Å². The van der Waals surface area contributed by atoms with Crippen LogP contribution < -0.4 is 10.1 Å². The van der Waals surface area contributed by atoms with Crippen molar-refractivity contribution in [2.75, 3.05) is 0 Å². The summed E-state index contributed by atoms with van der Waals surface area (Å²) in [5.41, 5.74) is 0.889. The topological polar surface area (TPSA) is 34.2 Å². The van der Waals surface area contributed by atoms with Crippen LogP contribution in [0.15, 0.2) is 41.0 Å². The quantitative estimate of drug-likeness (QED) is 0.883. The molecule has 1 aromatic carbocycles. The molecule has 1 N–H and O–H groups in total. The molecule has 5 heteroatoms. The molecule has 106 valence electrons. The monoisotopic (exact) mass is 338 g/mol. The zero-order chi connectivity index (χ0) is 14.5. The number of aromatic nitrogens is 1. The number of hydrogen-bond acceptors (Lipinski definition) is 3. The Morgan fingerprint density at radius 1 is 1.35 bits per heavy atom. The van der Waals surface area contributed by atoms with E-state index in [1.807, 2.05) is 12.1 Å². The van der Waals surface area contributed by atoms with Crippen molar-refractivity contribution in [3.63, 3.8) is 0 Å². The van der Waals surface area contributed by atoms with Crippen LogP contribution in [0.5, 0.6) is 11.6 Å². The van der Waals surface area contributed by atoms with Crippen molar-refractivity contribution in [3.05, 3.63) is 52.4 Å². The van der Waals surface area contributed by atoms with Gasteiger partial charge in [-0.25, -0.2) is 9.37 Å². The van der Waals surface area contributed by atoms with Crippen LogP contribution >= 0.6 is 15.9 Å². The van der Waals surface area contributed by atoms with Gasteiger partial charge in [0.1, 0.15) is 0 Å². The first-order valence-electron chi connectivity index (χ1n) is 6.36. The predicted octanol–water partition coefficient (Wildman–Crippen LogP) is 4.27. The summed E-state index contributed by atoms with van der Waals surface area (Å²) >= 11 is 3.30. The Labute approximate surface area is 126 Å². The second kappa shape index (κ2) is 6.81. The number of nitrogens with one attached hydrogen (secondary N) is 1. The molecular formula is C15H16BrFN2O. The van der Waals surface area contributed by atoms with Crippen molar-refractivity contribution in [1.29, 1.82) is 0 Å². The lowest BCUT2D eigenvalue weighted by atomic mass is 10.2. The normalized spacial score (nSPS) is 10.8. The molecule has 3 nitrogen and oxygen atoms in total. The Bertz CT molecular complexity index is 590. The second-order valence-corrected chi connectivity index (χ2v) is 5.60. The van der Waals surface area contributed by atoms with Crippen LogP contribution in [0.1, 0.15) is 19.4 Å². The number of rotatable bonds is 5. The molecule has 2 rings (SSSR count). The van der Waals surface area contributed by atoms with Gasteiger partial charge in [-0.1, -0.05) is 35.8 Å². The number of hydrogen-bond donors (Lipinski definition) is 1. The third-order valence-electron chi connectivity index (χ3n) is 2.65. The van der Waals surface area contributed by atoms with Crippen LogP contribution in [0.3, 0.4) is 0 Å². The van der Waals surface area contributed by atoms with Gasteiger partial charge in [0.15, 0.2) is 11.6 Å². The van der Waals surface area contributed by atoms with Crippen LogP contribution in [0.2, 0.25) is 0 Å². The van der Waals surface area contributed by atoms with E-state index in [0.29, 0.717) is 18.5 Å². The maximum absolute atomic E-state index is 13.7. The van der Waals surface area contributed by atoms with Crippen molar-refractivity contribution in [2.45, 2.75) is 26.4 Å². The molecule has 0 fully saturated rings.